The summed E-state index contributed by atoms with van der Waals surface area (Å²) in [6.07, 6.45) is 8.97. The number of rotatable bonds is 9. The molecule has 5 nitrogen and oxygen atoms in total. The van der Waals surface area contributed by atoms with Crippen molar-refractivity contribution >= 4 is 23.4 Å². The predicted octanol–water partition coefficient (Wildman–Crippen LogP) is 5.35. The van der Waals surface area contributed by atoms with Crippen LogP contribution in [0.2, 0.25) is 0 Å². The minimum absolute atomic E-state index is 0.0592. The molecule has 0 aromatic heterocycles. The predicted molar refractivity (Wildman–Crippen MR) is 149 cm³/mol. The highest BCUT2D eigenvalue weighted by molar-refractivity contribution is 5.95. The Kier molecular flexibility index (Phi) is 8.11. The third kappa shape index (κ3) is 6.62. The lowest BCUT2D eigenvalue weighted by atomic mass is 10.1. The van der Waals surface area contributed by atoms with Gasteiger partial charge in [-0.2, -0.15) is 0 Å². The van der Waals surface area contributed by atoms with Gasteiger partial charge in [-0.3, -0.25) is 4.79 Å². The fourth-order valence-electron chi connectivity index (χ4n) is 4.99. The monoisotopic (exact) mass is 480 g/mol. The molecule has 2 aliphatic rings. The normalized spacial score (nSPS) is 19.6. The summed E-state index contributed by atoms with van der Waals surface area (Å²) in [5.74, 6) is 0.0592. The van der Waals surface area contributed by atoms with Crippen molar-refractivity contribution in [2.24, 2.45) is 0 Å². The number of carbonyl (C=O) groups is 1. The first-order valence-corrected chi connectivity index (χ1v) is 13.2. The molecule has 0 saturated carbocycles. The summed E-state index contributed by atoms with van der Waals surface area (Å²) in [4.78, 5) is 14.8. The van der Waals surface area contributed by atoms with Crippen LogP contribution in [0.4, 0.5) is 11.4 Å². The van der Waals surface area contributed by atoms with Gasteiger partial charge in [0, 0.05) is 30.5 Å². The van der Waals surface area contributed by atoms with Gasteiger partial charge in [0.2, 0.25) is 5.91 Å². The first-order chi connectivity index (χ1) is 17.7. The van der Waals surface area contributed by atoms with Crippen molar-refractivity contribution in [1.82, 2.24) is 10.6 Å². The molecule has 2 atom stereocenters. The Morgan fingerprint density at radius 2 is 1.50 bits per heavy atom. The quantitative estimate of drug-likeness (QED) is 0.387. The second kappa shape index (κ2) is 12.0. The van der Waals surface area contributed by atoms with Crippen LogP contribution in [0, 0.1) is 0 Å². The molecule has 0 radical (unpaired) electrons. The zero-order valence-corrected chi connectivity index (χ0v) is 20.8. The summed E-state index contributed by atoms with van der Waals surface area (Å²) >= 11 is 0. The van der Waals surface area contributed by atoms with Gasteiger partial charge in [-0.25, -0.2) is 0 Å². The van der Waals surface area contributed by atoms with Crippen LogP contribution in [-0.2, 0) is 17.9 Å². The van der Waals surface area contributed by atoms with Crippen molar-refractivity contribution in [2.75, 3.05) is 23.3 Å². The smallest absolute Gasteiger partial charge is 0.241 e. The maximum absolute atomic E-state index is 12.4. The minimum Gasteiger partial charge on any atom is -0.363 e. The highest BCUT2D eigenvalue weighted by atomic mass is 16.2. The van der Waals surface area contributed by atoms with Gasteiger partial charge in [0.15, 0.2) is 0 Å². The highest BCUT2D eigenvalue weighted by Gasteiger charge is 2.21. The van der Waals surface area contributed by atoms with Crippen LogP contribution in [0.1, 0.15) is 42.4 Å². The second-order valence-electron chi connectivity index (χ2n) is 9.83. The first-order valence-electron chi connectivity index (χ1n) is 13.2. The van der Waals surface area contributed by atoms with Gasteiger partial charge in [-0.05, 0) is 79.7 Å². The van der Waals surface area contributed by atoms with Crippen LogP contribution in [-0.4, -0.2) is 31.1 Å². The van der Waals surface area contributed by atoms with Crippen molar-refractivity contribution in [1.29, 1.82) is 0 Å². The van der Waals surface area contributed by atoms with E-state index in [2.05, 4.69) is 99.7 Å². The number of carbonyl (C=O) groups excluding carboxylic acids is 1. The molecule has 186 valence electrons. The zero-order chi connectivity index (χ0) is 24.6. The van der Waals surface area contributed by atoms with E-state index >= 15 is 0 Å². The lowest BCUT2D eigenvalue weighted by Gasteiger charge is -2.25. The molecule has 2 fully saturated rings. The molecule has 5 heteroatoms. The van der Waals surface area contributed by atoms with E-state index in [9.17, 15) is 4.79 Å². The Labute approximate surface area is 214 Å². The van der Waals surface area contributed by atoms with Crippen LogP contribution >= 0.6 is 0 Å². The largest absolute Gasteiger partial charge is 0.363 e. The van der Waals surface area contributed by atoms with Gasteiger partial charge < -0.3 is 20.9 Å². The van der Waals surface area contributed by atoms with Crippen molar-refractivity contribution in [2.45, 2.75) is 50.9 Å². The van der Waals surface area contributed by atoms with E-state index < -0.39 is 0 Å². The van der Waals surface area contributed by atoms with Crippen LogP contribution in [0.15, 0.2) is 84.9 Å². The number of nitrogens with zero attached hydrogens (tertiary/aromatic N) is 1. The molecule has 1 unspecified atom stereocenters. The summed E-state index contributed by atoms with van der Waals surface area (Å²) in [5.41, 5.74) is 5.77. The average molecular weight is 481 g/mol. The SMILES string of the molecule is O=C(Nc1ccc(CN(Cc2ccc(/C=C/[C@@H]3CCCN3)cc2)c2ccccc2)cc1)C1CCCN1. The maximum Gasteiger partial charge on any atom is 0.241 e. The molecule has 5 rings (SSSR count). The molecule has 36 heavy (non-hydrogen) atoms. The van der Waals surface area contributed by atoms with E-state index in [4.69, 9.17) is 0 Å². The Morgan fingerprint density at radius 3 is 2.14 bits per heavy atom. The number of nitrogens with one attached hydrogen (secondary N) is 3. The van der Waals surface area contributed by atoms with Crippen molar-refractivity contribution in [3.8, 4) is 0 Å². The van der Waals surface area contributed by atoms with Gasteiger partial charge in [0.25, 0.3) is 0 Å². The molecule has 3 aromatic rings. The van der Waals surface area contributed by atoms with E-state index in [1.54, 1.807) is 0 Å². The summed E-state index contributed by atoms with van der Waals surface area (Å²) in [6.45, 7) is 3.66. The standard InChI is InChI=1S/C31H36N4O/c36-31(30-9-5-21-33-30)34-28-18-15-26(16-19-28)23-35(29-7-2-1-3-8-29)22-25-12-10-24(11-13-25)14-17-27-6-4-20-32-27/h1-3,7-8,10-19,27,30,32-33H,4-6,9,20-23H2,(H,34,36)/b17-14+/t27-,30?/m0/s1. The molecule has 2 aliphatic heterocycles. The highest BCUT2D eigenvalue weighted by Crippen LogP contribution is 2.22. The number of anilines is 2. The molecule has 0 bridgehead atoms. The summed E-state index contributed by atoms with van der Waals surface area (Å²) in [5, 5.41) is 9.81. The van der Waals surface area contributed by atoms with Crippen LogP contribution < -0.4 is 20.9 Å². The molecule has 2 heterocycles. The second-order valence-corrected chi connectivity index (χ2v) is 9.83. The molecular formula is C31H36N4O. The fraction of sp³-hybridized carbons (Fsp3) is 0.323. The van der Waals surface area contributed by atoms with E-state index in [0.717, 1.165) is 44.7 Å². The van der Waals surface area contributed by atoms with Crippen LogP contribution in [0.25, 0.3) is 6.08 Å². The van der Waals surface area contributed by atoms with Crippen molar-refractivity contribution < 1.29 is 4.79 Å². The fourth-order valence-corrected chi connectivity index (χ4v) is 4.99. The van der Waals surface area contributed by atoms with E-state index in [1.807, 2.05) is 12.1 Å². The summed E-state index contributed by atoms with van der Waals surface area (Å²) < 4.78 is 0. The Bertz CT molecular complexity index is 1130. The summed E-state index contributed by atoms with van der Waals surface area (Å²) in [7, 11) is 0. The van der Waals surface area contributed by atoms with Gasteiger partial charge >= 0.3 is 0 Å². The van der Waals surface area contributed by atoms with Crippen molar-refractivity contribution in [3.63, 3.8) is 0 Å². The maximum atomic E-state index is 12.4. The Balaban J connectivity index is 1.24. The summed E-state index contributed by atoms with van der Waals surface area (Å²) in [6, 6.07) is 28.1. The Hall–Kier alpha value is -3.41. The lowest BCUT2D eigenvalue weighted by Crippen LogP contribution is -2.35. The molecule has 0 spiro atoms. The molecule has 2 saturated heterocycles. The third-order valence-corrected chi connectivity index (χ3v) is 7.07. The van der Waals surface area contributed by atoms with Crippen molar-refractivity contribution in [3.05, 3.63) is 102 Å². The molecule has 3 N–H and O–H groups in total. The lowest BCUT2D eigenvalue weighted by molar-refractivity contribution is -0.117. The van der Waals surface area contributed by atoms with Gasteiger partial charge in [0.05, 0.1) is 6.04 Å². The van der Waals surface area contributed by atoms with E-state index in [-0.39, 0.29) is 11.9 Å². The Morgan fingerprint density at radius 1 is 0.833 bits per heavy atom. The molecule has 1 amide bonds. The number of hydrogen-bond donors (Lipinski definition) is 3. The molecular weight excluding hydrogens is 444 g/mol. The first kappa shape index (κ1) is 24.3. The topological polar surface area (TPSA) is 56.4 Å². The number of hydrogen-bond acceptors (Lipinski definition) is 4. The molecule has 3 aromatic carbocycles. The van der Waals surface area contributed by atoms with Gasteiger partial charge in [0.1, 0.15) is 0 Å². The van der Waals surface area contributed by atoms with Gasteiger partial charge in [-0.1, -0.05) is 66.7 Å². The third-order valence-electron chi connectivity index (χ3n) is 7.07. The van der Waals surface area contributed by atoms with Crippen LogP contribution in [0.5, 0.6) is 0 Å². The zero-order valence-electron chi connectivity index (χ0n) is 20.8. The average Bonchev–Trinajstić information content (AvgIpc) is 3.64. The van der Waals surface area contributed by atoms with Gasteiger partial charge in [-0.15, -0.1) is 0 Å². The molecule has 0 aliphatic carbocycles. The van der Waals surface area contributed by atoms with Crippen LogP contribution in [0.3, 0.4) is 0 Å². The van der Waals surface area contributed by atoms with E-state index in [0.29, 0.717) is 6.04 Å². The number of amides is 1. The number of para-hydroxylation sites is 1. The number of benzene rings is 3. The minimum atomic E-state index is -0.0699. The van der Waals surface area contributed by atoms with E-state index in [1.165, 1.54) is 35.2 Å².